The van der Waals surface area contributed by atoms with E-state index >= 15 is 0 Å². The molecule has 1 fully saturated rings. The van der Waals surface area contributed by atoms with E-state index in [4.69, 9.17) is 0 Å². The summed E-state index contributed by atoms with van der Waals surface area (Å²) in [4.78, 5) is 11.3. The number of para-hydroxylation sites is 1. The van der Waals surface area contributed by atoms with Gasteiger partial charge in [0, 0.05) is 5.69 Å². The van der Waals surface area contributed by atoms with Crippen molar-refractivity contribution in [3.05, 3.63) is 29.8 Å². The number of nitrogens with one attached hydrogen (secondary N) is 2. The zero-order valence-corrected chi connectivity index (χ0v) is 10.0. The molecular formula is C13H18N2O2. The fourth-order valence-corrected chi connectivity index (χ4v) is 2.26. The fraction of sp³-hybridized carbons (Fsp3) is 0.462. The van der Waals surface area contributed by atoms with Crippen molar-refractivity contribution in [2.45, 2.75) is 18.8 Å². The van der Waals surface area contributed by atoms with E-state index in [0.717, 1.165) is 31.6 Å². The van der Waals surface area contributed by atoms with Gasteiger partial charge in [-0.05, 0) is 43.5 Å². The van der Waals surface area contributed by atoms with Gasteiger partial charge in [0.2, 0.25) is 0 Å². The first-order valence-corrected chi connectivity index (χ1v) is 5.96. The van der Waals surface area contributed by atoms with Crippen LogP contribution >= 0.6 is 0 Å². The molecule has 1 amide bonds. The lowest BCUT2D eigenvalue weighted by atomic mass is 9.89. The molecule has 0 aliphatic carbocycles. The number of ether oxygens (including phenoxy) is 1. The number of hydrogen-bond donors (Lipinski definition) is 2. The lowest BCUT2D eigenvalue weighted by Gasteiger charge is -2.25. The van der Waals surface area contributed by atoms with Crippen LogP contribution in [0.15, 0.2) is 24.3 Å². The van der Waals surface area contributed by atoms with E-state index < -0.39 is 6.09 Å². The van der Waals surface area contributed by atoms with Crippen LogP contribution in [0.2, 0.25) is 0 Å². The summed E-state index contributed by atoms with van der Waals surface area (Å²) in [7, 11) is 1.38. The Labute approximate surface area is 101 Å². The highest BCUT2D eigenvalue weighted by Crippen LogP contribution is 2.30. The zero-order valence-electron chi connectivity index (χ0n) is 10.0. The van der Waals surface area contributed by atoms with Gasteiger partial charge in [-0.1, -0.05) is 18.2 Å². The summed E-state index contributed by atoms with van der Waals surface area (Å²) < 4.78 is 4.63. The second-order valence-corrected chi connectivity index (χ2v) is 4.23. The molecule has 92 valence electrons. The van der Waals surface area contributed by atoms with Gasteiger partial charge in [0.15, 0.2) is 0 Å². The van der Waals surface area contributed by atoms with Gasteiger partial charge in [-0.3, -0.25) is 5.32 Å². The Bertz CT molecular complexity index is 387. The number of amides is 1. The molecule has 0 bridgehead atoms. The monoisotopic (exact) mass is 234 g/mol. The molecule has 0 unspecified atom stereocenters. The molecule has 0 radical (unpaired) electrons. The molecule has 0 aromatic heterocycles. The largest absolute Gasteiger partial charge is 0.453 e. The summed E-state index contributed by atoms with van der Waals surface area (Å²) in [5.74, 6) is 0.518. The van der Waals surface area contributed by atoms with E-state index in [1.807, 2.05) is 18.2 Å². The molecule has 1 aliphatic rings. The van der Waals surface area contributed by atoms with Crippen molar-refractivity contribution in [1.29, 1.82) is 0 Å². The average molecular weight is 234 g/mol. The minimum absolute atomic E-state index is 0.411. The molecule has 1 saturated heterocycles. The zero-order chi connectivity index (χ0) is 12.1. The SMILES string of the molecule is COC(=O)Nc1ccccc1C1CCNCC1. The molecule has 0 spiro atoms. The highest BCUT2D eigenvalue weighted by atomic mass is 16.5. The van der Waals surface area contributed by atoms with Crippen molar-refractivity contribution in [3.8, 4) is 0 Å². The molecule has 1 aliphatic heterocycles. The number of piperidine rings is 1. The fourth-order valence-electron chi connectivity index (χ4n) is 2.26. The van der Waals surface area contributed by atoms with Gasteiger partial charge < -0.3 is 10.1 Å². The predicted molar refractivity (Wildman–Crippen MR) is 67.3 cm³/mol. The minimum Gasteiger partial charge on any atom is -0.453 e. The molecule has 1 heterocycles. The maximum atomic E-state index is 11.3. The topological polar surface area (TPSA) is 50.4 Å². The van der Waals surface area contributed by atoms with E-state index in [0.29, 0.717) is 5.92 Å². The first-order valence-electron chi connectivity index (χ1n) is 5.96. The van der Waals surface area contributed by atoms with E-state index in [-0.39, 0.29) is 0 Å². The van der Waals surface area contributed by atoms with Crippen molar-refractivity contribution in [2.24, 2.45) is 0 Å². The van der Waals surface area contributed by atoms with E-state index in [1.165, 1.54) is 12.7 Å². The number of carbonyl (C=O) groups is 1. The van der Waals surface area contributed by atoms with Gasteiger partial charge in [0.05, 0.1) is 7.11 Å². The van der Waals surface area contributed by atoms with Gasteiger partial charge in [-0.15, -0.1) is 0 Å². The van der Waals surface area contributed by atoms with Crippen LogP contribution in [0.5, 0.6) is 0 Å². The summed E-state index contributed by atoms with van der Waals surface area (Å²) in [6.07, 6.45) is 1.81. The molecule has 2 rings (SSSR count). The summed E-state index contributed by atoms with van der Waals surface area (Å²) >= 11 is 0. The van der Waals surface area contributed by atoms with Crippen LogP contribution in [-0.2, 0) is 4.74 Å². The number of rotatable bonds is 2. The summed E-state index contributed by atoms with van der Waals surface area (Å²) in [5, 5.41) is 6.12. The van der Waals surface area contributed by atoms with E-state index in [9.17, 15) is 4.79 Å². The second-order valence-electron chi connectivity index (χ2n) is 4.23. The standard InChI is InChI=1S/C13H18N2O2/c1-17-13(16)15-12-5-3-2-4-11(12)10-6-8-14-9-7-10/h2-5,10,14H,6-9H2,1H3,(H,15,16). The number of methoxy groups -OCH3 is 1. The molecular weight excluding hydrogens is 216 g/mol. The van der Waals surface area contributed by atoms with Crippen LogP contribution in [0, 0.1) is 0 Å². The number of hydrogen-bond acceptors (Lipinski definition) is 3. The number of benzene rings is 1. The minimum atomic E-state index is -0.411. The smallest absolute Gasteiger partial charge is 0.411 e. The van der Waals surface area contributed by atoms with Crippen molar-refractivity contribution in [3.63, 3.8) is 0 Å². The Morgan fingerprint density at radius 3 is 2.76 bits per heavy atom. The van der Waals surface area contributed by atoms with Crippen LogP contribution in [0.1, 0.15) is 24.3 Å². The highest BCUT2D eigenvalue weighted by Gasteiger charge is 2.18. The summed E-state index contributed by atoms with van der Waals surface area (Å²) in [6, 6.07) is 7.95. The van der Waals surface area contributed by atoms with E-state index in [2.05, 4.69) is 21.4 Å². The van der Waals surface area contributed by atoms with Crippen molar-refractivity contribution >= 4 is 11.8 Å². The van der Waals surface area contributed by atoms with Crippen molar-refractivity contribution in [1.82, 2.24) is 5.32 Å². The van der Waals surface area contributed by atoms with Gasteiger partial charge in [-0.2, -0.15) is 0 Å². The van der Waals surface area contributed by atoms with Gasteiger partial charge in [0.1, 0.15) is 0 Å². The first kappa shape index (κ1) is 11.9. The third kappa shape index (κ3) is 2.97. The molecule has 4 heteroatoms. The summed E-state index contributed by atoms with van der Waals surface area (Å²) in [6.45, 7) is 2.08. The Kier molecular flexibility index (Phi) is 3.98. The Balaban J connectivity index is 2.17. The number of anilines is 1. The maximum Gasteiger partial charge on any atom is 0.411 e. The lowest BCUT2D eigenvalue weighted by Crippen LogP contribution is -2.27. The molecule has 0 atom stereocenters. The summed E-state index contributed by atoms with van der Waals surface area (Å²) in [5.41, 5.74) is 2.07. The Morgan fingerprint density at radius 1 is 1.35 bits per heavy atom. The van der Waals surface area contributed by atoms with Crippen molar-refractivity contribution < 1.29 is 9.53 Å². The lowest BCUT2D eigenvalue weighted by molar-refractivity contribution is 0.187. The molecule has 0 saturated carbocycles. The molecule has 4 nitrogen and oxygen atoms in total. The van der Waals surface area contributed by atoms with Crippen LogP contribution in [0.4, 0.5) is 10.5 Å². The van der Waals surface area contributed by atoms with Crippen LogP contribution in [0.3, 0.4) is 0 Å². The second kappa shape index (κ2) is 5.68. The molecule has 1 aromatic carbocycles. The molecule has 17 heavy (non-hydrogen) atoms. The van der Waals surface area contributed by atoms with E-state index in [1.54, 1.807) is 0 Å². The molecule has 1 aromatic rings. The van der Waals surface area contributed by atoms with Crippen LogP contribution in [0.25, 0.3) is 0 Å². The highest BCUT2D eigenvalue weighted by molar-refractivity contribution is 5.85. The van der Waals surface area contributed by atoms with Gasteiger partial charge >= 0.3 is 6.09 Å². The normalized spacial score (nSPS) is 16.5. The Morgan fingerprint density at radius 2 is 2.06 bits per heavy atom. The third-order valence-electron chi connectivity index (χ3n) is 3.16. The van der Waals surface area contributed by atoms with Crippen LogP contribution in [-0.4, -0.2) is 26.3 Å². The third-order valence-corrected chi connectivity index (χ3v) is 3.16. The Hall–Kier alpha value is -1.55. The molecule has 2 N–H and O–H groups in total. The first-order chi connectivity index (χ1) is 8.31. The van der Waals surface area contributed by atoms with Gasteiger partial charge in [0.25, 0.3) is 0 Å². The number of carbonyl (C=O) groups excluding carboxylic acids is 1. The van der Waals surface area contributed by atoms with Crippen molar-refractivity contribution in [2.75, 3.05) is 25.5 Å². The quantitative estimate of drug-likeness (QED) is 0.825. The van der Waals surface area contributed by atoms with Gasteiger partial charge in [-0.25, -0.2) is 4.79 Å². The van der Waals surface area contributed by atoms with Crippen LogP contribution < -0.4 is 10.6 Å². The predicted octanol–water partition coefficient (Wildman–Crippen LogP) is 2.33. The maximum absolute atomic E-state index is 11.3. The average Bonchev–Trinajstić information content (AvgIpc) is 2.40.